The smallest absolute Gasteiger partial charge is 0.339 e. The summed E-state index contributed by atoms with van der Waals surface area (Å²) < 4.78 is 5.01. The van der Waals surface area contributed by atoms with Crippen LogP contribution in [0.2, 0.25) is 0 Å². The van der Waals surface area contributed by atoms with Crippen molar-refractivity contribution in [2.75, 3.05) is 0 Å². The Bertz CT molecular complexity index is 235. The molecule has 2 aliphatic rings. The van der Waals surface area contributed by atoms with Crippen LogP contribution in [0, 0.1) is 0 Å². The van der Waals surface area contributed by atoms with Crippen LogP contribution in [0.25, 0.3) is 0 Å². The van der Waals surface area contributed by atoms with Crippen LogP contribution in [0.4, 0.5) is 0 Å². The highest BCUT2D eigenvalue weighted by atomic mass is 16.6. The molecule has 0 aromatic carbocycles. The van der Waals surface area contributed by atoms with E-state index in [2.05, 4.69) is 0 Å². The molecular formula is C7H8O4. The second-order valence-electron chi connectivity index (χ2n) is 2.93. The molecule has 3 atom stereocenters. The molecule has 0 amide bonds. The van der Waals surface area contributed by atoms with Crippen LogP contribution in [0.15, 0.2) is 12.2 Å². The molecule has 11 heavy (non-hydrogen) atoms. The zero-order valence-electron chi connectivity index (χ0n) is 5.73. The van der Waals surface area contributed by atoms with Crippen molar-refractivity contribution >= 4 is 5.97 Å². The Morgan fingerprint density at radius 1 is 1.73 bits per heavy atom. The first-order valence-corrected chi connectivity index (χ1v) is 3.42. The first kappa shape index (κ1) is 6.82. The molecule has 4 nitrogen and oxygen atoms in total. The maximum absolute atomic E-state index is 10.5. The van der Waals surface area contributed by atoms with E-state index in [1.54, 1.807) is 6.08 Å². The molecule has 1 saturated heterocycles. The summed E-state index contributed by atoms with van der Waals surface area (Å²) in [5.41, 5.74) is -1.70. The van der Waals surface area contributed by atoms with E-state index in [1.165, 1.54) is 6.08 Å². The minimum Gasteiger partial charge on any atom is -0.479 e. The number of aliphatic hydroxyl groups is 1. The number of rotatable bonds is 1. The SMILES string of the molecule is O=C(O)[C@]1(O)C=C[C@H]2O[C@H]2C1. The van der Waals surface area contributed by atoms with Crippen LogP contribution in [0.5, 0.6) is 0 Å². The Hall–Kier alpha value is -0.870. The quantitative estimate of drug-likeness (QED) is 0.397. The van der Waals surface area contributed by atoms with Crippen LogP contribution in [0.3, 0.4) is 0 Å². The van der Waals surface area contributed by atoms with E-state index < -0.39 is 11.6 Å². The fourth-order valence-electron chi connectivity index (χ4n) is 1.28. The molecule has 0 aromatic rings. The van der Waals surface area contributed by atoms with Crippen molar-refractivity contribution in [2.24, 2.45) is 0 Å². The van der Waals surface area contributed by atoms with Gasteiger partial charge in [-0.25, -0.2) is 4.79 Å². The lowest BCUT2D eigenvalue weighted by Crippen LogP contribution is -2.39. The van der Waals surface area contributed by atoms with E-state index in [-0.39, 0.29) is 18.6 Å². The lowest BCUT2D eigenvalue weighted by atomic mass is 9.91. The third-order valence-electron chi connectivity index (χ3n) is 2.07. The van der Waals surface area contributed by atoms with Gasteiger partial charge in [-0.1, -0.05) is 6.08 Å². The van der Waals surface area contributed by atoms with Gasteiger partial charge in [0.15, 0.2) is 5.60 Å². The fraction of sp³-hybridized carbons (Fsp3) is 0.571. The molecular weight excluding hydrogens is 148 g/mol. The maximum Gasteiger partial charge on any atom is 0.339 e. The molecule has 0 spiro atoms. The van der Waals surface area contributed by atoms with E-state index >= 15 is 0 Å². The zero-order chi connectivity index (χ0) is 8.06. The number of fused-ring (bicyclic) bond motifs is 1. The molecule has 60 valence electrons. The van der Waals surface area contributed by atoms with Crippen molar-refractivity contribution in [3.8, 4) is 0 Å². The summed E-state index contributed by atoms with van der Waals surface area (Å²) in [4.78, 5) is 10.5. The summed E-state index contributed by atoms with van der Waals surface area (Å²) in [7, 11) is 0. The Balaban J connectivity index is 2.21. The average Bonchev–Trinajstić information content (AvgIpc) is 2.65. The number of epoxide rings is 1. The lowest BCUT2D eigenvalue weighted by molar-refractivity contribution is -0.154. The number of ether oxygens (including phenoxy) is 1. The van der Waals surface area contributed by atoms with Crippen molar-refractivity contribution < 1.29 is 19.7 Å². The predicted molar refractivity (Wildman–Crippen MR) is 35.0 cm³/mol. The summed E-state index contributed by atoms with van der Waals surface area (Å²) in [6.07, 6.45) is 3.03. The van der Waals surface area contributed by atoms with E-state index in [4.69, 9.17) is 9.84 Å². The van der Waals surface area contributed by atoms with Gasteiger partial charge in [-0.05, 0) is 6.08 Å². The molecule has 0 aromatic heterocycles. The Morgan fingerprint density at radius 2 is 2.45 bits per heavy atom. The van der Waals surface area contributed by atoms with E-state index in [0.29, 0.717) is 0 Å². The predicted octanol–water partition coefficient (Wildman–Crippen LogP) is -0.471. The van der Waals surface area contributed by atoms with Gasteiger partial charge in [0.2, 0.25) is 0 Å². The van der Waals surface area contributed by atoms with E-state index in [0.717, 1.165) is 0 Å². The molecule has 0 bridgehead atoms. The van der Waals surface area contributed by atoms with Gasteiger partial charge in [0.05, 0.1) is 6.10 Å². The monoisotopic (exact) mass is 156 g/mol. The average molecular weight is 156 g/mol. The van der Waals surface area contributed by atoms with Gasteiger partial charge in [0.1, 0.15) is 6.10 Å². The molecule has 0 saturated carbocycles. The highest BCUT2D eigenvalue weighted by molar-refractivity contribution is 5.80. The molecule has 0 unspecified atom stereocenters. The van der Waals surface area contributed by atoms with Crippen LogP contribution >= 0.6 is 0 Å². The Labute approximate surface area is 63.1 Å². The summed E-state index contributed by atoms with van der Waals surface area (Å²) in [6, 6.07) is 0. The summed E-state index contributed by atoms with van der Waals surface area (Å²) in [6.45, 7) is 0. The molecule has 1 fully saturated rings. The summed E-state index contributed by atoms with van der Waals surface area (Å²) >= 11 is 0. The minimum atomic E-state index is -1.70. The molecule has 4 heteroatoms. The lowest BCUT2D eigenvalue weighted by Gasteiger charge is -2.19. The third-order valence-corrected chi connectivity index (χ3v) is 2.07. The number of hydrogen-bond acceptors (Lipinski definition) is 3. The van der Waals surface area contributed by atoms with Gasteiger partial charge < -0.3 is 14.9 Å². The molecule has 2 rings (SSSR count). The molecule has 1 heterocycles. The maximum atomic E-state index is 10.5. The number of carboxylic acid groups (broad SMARTS) is 1. The van der Waals surface area contributed by atoms with Crippen LogP contribution < -0.4 is 0 Å². The normalized spacial score (nSPS) is 46.6. The largest absolute Gasteiger partial charge is 0.479 e. The van der Waals surface area contributed by atoms with Gasteiger partial charge in [-0.3, -0.25) is 0 Å². The number of carbonyl (C=O) groups is 1. The first-order valence-electron chi connectivity index (χ1n) is 3.42. The Morgan fingerprint density at radius 3 is 3.00 bits per heavy atom. The number of hydrogen-bond donors (Lipinski definition) is 2. The summed E-state index contributed by atoms with van der Waals surface area (Å²) in [5.74, 6) is -1.21. The third kappa shape index (κ3) is 0.948. The van der Waals surface area contributed by atoms with Crippen LogP contribution in [0.1, 0.15) is 6.42 Å². The highest BCUT2D eigenvalue weighted by Crippen LogP contribution is 2.36. The topological polar surface area (TPSA) is 70.1 Å². The fourth-order valence-corrected chi connectivity index (χ4v) is 1.28. The van der Waals surface area contributed by atoms with Crippen LogP contribution in [-0.4, -0.2) is 34.0 Å². The van der Waals surface area contributed by atoms with Crippen molar-refractivity contribution in [3.05, 3.63) is 12.2 Å². The minimum absolute atomic E-state index is 0.0506. The van der Waals surface area contributed by atoms with Gasteiger partial charge in [-0.2, -0.15) is 0 Å². The second kappa shape index (κ2) is 1.84. The molecule has 0 radical (unpaired) electrons. The second-order valence-corrected chi connectivity index (χ2v) is 2.93. The van der Waals surface area contributed by atoms with E-state index in [9.17, 15) is 9.90 Å². The zero-order valence-corrected chi connectivity index (χ0v) is 5.73. The van der Waals surface area contributed by atoms with Gasteiger partial charge in [0, 0.05) is 6.42 Å². The van der Waals surface area contributed by atoms with Crippen molar-refractivity contribution in [2.45, 2.75) is 24.2 Å². The summed E-state index contributed by atoms with van der Waals surface area (Å²) in [5, 5.41) is 18.0. The number of aliphatic carboxylic acids is 1. The first-order chi connectivity index (χ1) is 5.12. The molecule has 2 N–H and O–H groups in total. The molecule has 1 aliphatic heterocycles. The Kier molecular flexibility index (Phi) is 1.14. The van der Waals surface area contributed by atoms with Crippen molar-refractivity contribution in [3.63, 3.8) is 0 Å². The standard InChI is InChI=1S/C7H8O4/c8-6(9)7(10)2-1-4-5(3-7)11-4/h1-2,4-5,10H,3H2,(H,8,9)/t4-,5+,7+/m1/s1. The molecule has 1 aliphatic carbocycles. The number of carboxylic acids is 1. The van der Waals surface area contributed by atoms with Crippen molar-refractivity contribution in [1.29, 1.82) is 0 Å². The van der Waals surface area contributed by atoms with Gasteiger partial charge in [0.25, 0.3) is 0 Å². The van der Waals surface area contributed by atoms with Gasteiger partial charge >= 0.3 is 5.97 Å². The van der Waals surface area contributed by atoms with Crippen molar-refractivity contribution in [1.82, 2.24) is 0 Å². The van der Waals surface area contributed by atoms with Crippen LogP contribution in [-0.2, 0) is 9.53 Å². The van der Waals surface area contributed by atoms with E-state index in [1.807, 2.05) is 0 Å². The highest BCUT2D eigenvalue weighted by Gasteiger charge is 2.49. The van der Waals surface area contributed by atoms with Gasteiger partial charge in [-0.15, -0.1) is 0 Å².